The van der Waals surface area contributed by atoms with Gasteiger partial charge in [0.1, 0.15) is 0 Å². The second kappa shape index (κ2) is 8.01. The molecule has 0 saturated carbocycles. The van der Waals surface area contributed by atoms with Gasteiger partial charge in [-0.05, 0) is 37.9 Å². The first-order valence-corrected chi connectivity index (χ1v) is 7.87. The number of carbonyl (C=O) groups is 2. The van der Waals surface area contributed by atoms with Crippen LogP contribution < -0.4 is 9.47 Å². The van der Waals surface area contributed by atoms with Crippen molar-refractivity contribution in [2.45, 2.75) is 18.8 Å². The van der Waals surface area contributed by atoms with Crippen LogP contribution in [0.1, 0.15) is 24.3 Å². The van der Waals surface area contributed by atoms with E-state index in [4.69, 9.17) is 29.3 Å². The van der Waals surface area contributed by atoms with Crippen molar-refractivity contribution in [3.05, 3.63) is 23.8 Å². The number of piperidine rings is 3. The number of methoxy groups -OCH3 is 2. The molecule has 132 valence electrons. The lowest BCUT2D eigenvalue weighted by Crippen LogP contribution is -2.46. The Morgan fingerprint density at radius 3 is 2.12 bits per heavy atom. The summed E-state index contributed by atoms with van der Waals surface area (Å²) in [6.45, 7) is 3.72. The summed E-state index contributed by atoms with van der Waals surface area (Å²) in [4.78, 5) is 20.8. The SMILES string of the molecule is COc1cccc(C2CN3CCC2CC3)c1OC.O=C(O)C(=O)O. The lowest BCUT2D eigenvalue weighted by atomic mass is 9.75. The summed E-state index contributed by atoms with van der Waals surface area (Å²) in [6.07, 6.45) is 2.65. The fourth-order valence-electron chi connectivity index (χ4n) is 3.52. The molecule has 3 saturated heterocycles. The van der Waals surface area contributed by atoms with E-state index in [0.717, 1.165) is 17.4 Å². The molecule has 1 aromatic rings. The number of carboxylic acid groups (broad SMARTS) is 2. The average molecular weight is 337 g/mol. The van der Waals surface area contributed by atoms with Crippen molar-refractivity contribution >= 4 is 11.9 Å². The molecule has 1 atom stereocenters. The summed E-state index contributed by atoms with van der Waals surface area (Å²) in [5, 5.41) is 14.8. The highest BCUT2D eigenvalue weighted by atomic mass is 16.5. The van der Waals surface area contributed by atoms with Crippen LogP contribution >= 0.6 is 0 Å². The molecule has 0 radical (unpaired) electrons. The first kappa shape index (κ1) is 18.1. The Labute approximate surface area is 140 Å². The molecule has 7 heteroatoms. The number of aliphatic carboxylic acids is 2. The van der Waals surface area contributed by atoms with E-state index < -0.39 is 11.9 Å². The zero-order valence-electron chi connectivity index (χ0n) is 13.9. The summed E-state index contributed by atoms with van der Waals surface area (Å²) in [5.74, 6) is -0.441. The smallest absolute Gasteiger partial charge is 0.414 e. The Hall–Kier alpha value is -2.28. The highest BCUT2D eigenvalue weighted by Crippen LogP contribution is 2.44. The number of fused-ring (bicyclic) bond motifs is 3. The van der Waals surface area contributed by atoms with Crippen LogP contribution in [0.25, 0.3) is 0 Å². The number of carboxylic acids is 2. The van der Waals surface area contributed by atoms with Gasteiger partial charge >= 0.3 is 11.9 Å². The van der Waals surface area contributed by atoms with E-state index in [1.807, 2.05) is 6.07 Å². The topological polar surface area (TPSA) is 96.3 Å². The number of nitrogens with zero attached hydrogens (tertiary/aromatic N) is 1. The molecule has 3 fully saturated rings. The van der Waals surface area contributed by atoms with E-state index in [2.05, 4.69) is 17.0 Å². The summed E-state index contributed by atoms with van der Waals surface area (Å²) >= 11 is 0. The van der Waals surface area contributed by atoms with Crippen LogP contribution in [0.3, 0.4) is 0 Å². The molecular formula is C17H23NO6. The monoisotopic (exact) mass is 337 g/mol. The molecule has 3 aliphatic heterocycles. The second-order valence-corrected chi connectivity index (χ2v) is 5.94. The van der Waals surface area contributed by atoms with Crippen LogP contribution in [0.15, 0.2) is 18.2 Å². The number of rotatable bonds is 3. The number of para-hydroxylation sites is 1. The van der Waals surface area contributed by atoms with Crippen LogP contribution in [-0.4, -0.2) is 60.9 Å². The highest BCUT2D eigenvalue weighted by Gasteiger charge is 2.36. The minimum Gasteiger partial charge on any atom is -0.493 e. The minimum atomic E-state index is -1.82. The third-order valence-corrected chi connectivity index (χ3v) is 4.67. The molecule has 0 amide bonds. The number of hydrogen-bond acceptors (Lipinski definition) is 5. The lowest BCUT2D eigenvalue weighted by molar-refractivity contribution is -0.159. The molecule has 1 aromatic carbocycles. The van der Waals surface area contributed by atoms with E-state index in [1.54, 1.807) is 14.2 Å². The Morgan fingerprint density at radius 2 is 1.71 bits per heavy atom. The minimum absolute atomic E-state index is 0.609. The van der Waals surface area contributed by atoms with Gasteiger partial charge in [0.15, 0.2) is 11.5 Å². The van der Waals surface area contributed by atoms with Crippen LogP contribution in [0.5, 0.6) is 11.5 Å². The van der Waals surface area contributed by atoms with Gasteiger partial charge in [-0.15, -0.1) is 0 Å². The van der Waals surface area contributed by atoms with Crippen molar-refractivity contribution in [2.75, 3.05) is 33.9 Å². The summed E-state index contributed by atoms with van der Waals surface area (Å²) < 4.78 is 11.0. The maximum atomic E-state index is 9.10. The first-order chi connectivity index (χ1) is 11.5. The predicted octanol–water partition coefficient (Wildman–Crippen LogP) is 1.67. The first-order valence-electron chi connectivity index (χ1n) is 7.87. The largest absolute Gasteiger partial charge is 0.493 e. The van der Waals surface area contributed by atoms with E-state index in [9.17, 15) is 0 Å². The van der Waals surface area contributed by atoms with Crippen LogP contribution in [0.2, 0.25) is 0 Å². The van der Waals surface area contributed by atoms with E-state index in [-0.39, 0.29) is 0 Å². The highest BCUT2D eigenvalue weighted by molar-refractivity contribution is 6.27. The van der Waals surface area contributed by atoms with E-state index in [1.165, 1.54) is 38.0 Å². The average Bonchev–Trinajstić information content (AvgIpc) is 2.62. The maximum Gasteiger partial charge on any atom is 0.414 e. The van der Waals surface area contributed by atoms with Gasteiger partial charge in [0.2, 0.25) is 0 Å². The fraction of sp³-hybridized carbons (Fsp3) is 0.529. The van der Waals surface area contributed by atoms with Crippen molar-refractivity contribution in [1.82, 2.24) is 4.90 Å². The van der Waals surface area contributed by atoms with Gasteiger partial charge < -0.3 is 24.6 Å². The van der Waals surface area contributed by atoms with E-state index >= 15 is 0 Å². The lowest BCUT2D eigenvalue weighted by Gasteiger charge is -2.45. The number of ether oxygens (including phenoxy) is 2. The summed E-state index contributed by atoms with van der Waals surface area (Å²) in [5.41, 5.74) is 1.33. The molecular weight excluding hydrogens is 314 g/mol. The molecule has 0 spiro atoms. The van der Waals surface area contributed by atoms with Crippen molar-refractivity contribution in [1.29, 1.82) is 0 Å². The van der Waals surface area contributed by atoms with Crippen molar-refractivity contribution in [3.63, 3.8) is 0 Å². The van der Waals surface area contributed by atoms with Crippen molar-refractivity contribution in [3.8, 4) is 11.5 Å². The Morgan fingerprint density at radius 1 is 1.08 bits per heavy atom. The zero-order chi connectivity index (χ0) is 17.7. The molecule has 1 unspecified atom stereocenters. The molecule has 3 heterocycles. The predicted molar refractivity (Wildman–Crippen MR) is 86.7 cm³/mol. The van der Waals surface area contributed by atoms with Gasteiger partial charge in [0, 0.05) is 18.0 Å². The molecule has 2 bridgehead atoms. The van der Waals surface area contributed by atoms with Crippen molar-refractivity contribution in [2.24, 2.45) is 5.92 Å². The van der Waals surface area contributed by atoms with Gasteiger partial charge in [0.05, 0.1) is 14.2 Å². The van der Waals surface area contributed by atoms with Gasteiger partial charge in [-0.3, -0.25) is 0 Å². The van der Waals surface area contributed by atoms with Gasteiger partial charge in [-0.25, -0.2) is 9.59 Å². The molecule has 0 aromatic heterocycles. The number of hydrogen-bond donors (Lipinski definition) is 2. The standard InChI is InChI=1S/C15H21NO2.C2H2O4/c1-17-14-5-3-4-12(15(14)18-2)13-10-16-8-6-11(13)7-9-16;3-1(4)2(5)6/h3-5,11,13H,6-10H2,1-2H3;(H,3,4)(H,5,6). The maximum absolute atomic E-state index is 9.10. The van der Waals surface area contributed by atoms with E-state index in [0.29, 0.717) is 5.92 Å². The number of benzene rings is 1. The Balaban J connectivity index is 0.000000301. The normalized spacial score (nSPS) is 24.5. The quantitative estimate of drug-likeness (QED) is 0.810. The fourth-order valence-corrected chi connectivity index (χ4v) is 3.52. The molecule has 3 aliphatic rings. The molecule has 0 aliphatic carbocycles. The van der Waals surface area contributed by atoms with Gasteiger partial charge in [-0.1, -0.05) is 12.1 Å². The third-order valence-electron chi connectivity index (χ3n) is 4.67. The molecule has 7 nitrogen and oxygen atoms in total. The summed E-state index contributed by atoms with van der Waals surface area (Å²) in [6, 6.07) is 6.26. The molecule has 4 rings (SSSR count). The Kier molecular flexibility index (Phi) is 6.03. The van der Waals surface area contributed by atoms with Crippen LogP contribution in [0, 0.1) is 5.92 Å². The van der Waals surface area contributed by atoms with Crippen LogP contribution in [-0.2, 0) is 9.59 Å². The second-order valence-electron chi connectivity index (χ2n) is 5.94. The van der Waals surface area contributed by atoms with Gasteiger partial charge in [-0.2, -0.15) is 0 Å². The Bertz CT molecular complexity index is 583. The van der Waals surface area contributed by atoms with Crippen molar-refractivity contribution < 1.29 is 29.3 Å². The van der Waals surface area contributed by atoms with Gasteiger partial charge in [0.25, 0.3) is 0 Å². The zero-order valence-corrected chi connectivity index (χ0v) is 13.9. The molecule has 2 N–H and O–H groups in total. The van der Waals surface area contributed by atoms with Crippen LogP contribution in [0.4, 0.5) is 0 Å². The summed E-state index contributed by atoms with van der Waals surface area (Å²) in [7, 11) is 3.45. The third kappa shape index (κ3) is 3.97. The molecule has 24 heavy (non-hydrogen) atoms.